The molecule has 2 aromatic rings. The van der Waals surface area contributed by atoms with Crippen LogP contribution in [0.5, 0.6) is 0 Å². The van der Waals surface area contributed by atoms with Crippen LogP contribution in [0.3, 0.4) is 0 Å². The Hall–Kier alpha value is -3.48. The van der Waals surface area contributed by atoms with E-state index >= 15 is 0 Å². The van der Waals surface area contributed by atoms with E-state index in [9.17, 15) is 19.7 Å². The average Bonchev–Trinajstić information content (AvgIpc) is 3.06. The predicted octanol–water partition coefficient (Wildman–Crippen LogP) is 3.45. The lowest BCUT2D eigenvalue weighted by molar-refractivity contribution is -0.384. The Bertz CT molecular complexity index is 875. The molecule has 0 atom stereocenters. The van der Waals surface area contributed by atoms with E-state index in [1.54, 1.807) is 36.4 Å². The van der Waals surface area contributed by atoms with E-state index in [2.05, 4.69) is 0 Å². The summed E-state index contributed by atoms with van der Waals surface area (Å²) in [5, 5.41) is 10.8. The number of cyclic esters (lactones) is 1. The number of rotatable bonds is 5. The van der Waals surface area contributed by atoms with Crippen LogP contribution in [0.15, 0.2) is 54.6 Å². The van der Waals surface area contributed by atoms with Crippen LogP contribution in [0.2, 0.25) is 0 Å². The molecule has 1 amide bonds. The number of ether oxygens (including phenoxy) is 1. The van der Waals surface area contributed by atoms with Gasteiger partial charge in [0.1, 0.15) is 6.61 Å². The van der Waals surface area contributed by atoms with Crippen molar-refractivity contribution in [1.29, 1.82) is 0 Å². The van der Waals surface area contributed by atoms with Gasteiger partial charge in [0.25, 0.3) is 5.69 Å². The molecule has 3 rings (SSSR count). The molecule has 0 N–H and O–H groups in total. The van der Waals surface area contributed by atoms with Crippen LogP contribution in [0.25, 0.3) is 6.08 Å². The van der Waals surface area contributed by atoms with Gasteiger partial charge in [-0.1, -0.05) is 30.3 Å². The van der Waals surface area contributed by atoms with Crippen molar-refractivity contribution in [2.45, 2.75) is 0 Å². The van der Waals surface area contributed by atoms with Crippen LogP contribution in [0, 0.1) is 10.1 Å². The Balaban J connectivity index is 1.78. The molecule has 126 valence electrons. The quantitative estimate of drug-likeness (QED) is 0.360. The van der Waals surface area contributed by atoms with Crippen molar-refractivity contribution in [3.63, 3.8) is 0 Å². The molecular weight excluding hydrogens is 324 g/mol. The second-order valence-electron chi connectivity index (χ2n) is 5.37. The van der Waals surface area contributed by atoms with Crippen LogP contribution >= 0.6 is 0 Å². The Morgan fingerprint density at radius 2 is 2.00 bits per heavy atom. The van der Waals surface area contributed by atoms with Gasteiger partial charge in [0.05, 0.1) is 11.5 Å². The molecule has 2 aromatic carbocycles. The summed E-state index contributed by atoms with van der Waals surface area (Å²) < 4.78 is 4.89. The first kappa shape index (κ1) is 16.4. The SMILES string of the molecule is O=C(/C=C/c1cccc([N+](=O)[O-])c1)c1cccc(N2CCOC2=O)c1. The third-order valence-electron chi connectivity index (χ3n) is 3.71. The molecule has 0 aromatic heterocycles. The molecule has 0 spiro atoms. The minimum Gasteiger partial charge on any atom is -0.447 e. The van der Waals surface area contributed by atoms with Gasteiger partial charge in [0.2, 0.25) is 0 Å². The van der Waals surface area contributed by atoms with Crippen LogP contribution < -0.4 is 4.90 Å². The zero-order valence-electron chi connectivity index (χ0n) is 13.1. The van der Waals surface area contributed by atoms with E-state index in [0.29, 0.717) is 30.0 Å². The summed E-state index contributed by atoms with van der Waals surface area (Å²) in [6.07, 6.45) is 2.43. The first-order valence-corrected chi connectivity index (χ1v) is 7.56. The van der Waals surface area contributed by atoms with Crippen LogP contribution in [0.1, 0.15) is 15.9 Å². The van der Waals surface area contributed by atoms with Crippen LogP contribution in [-0.4, -0.2) is 30.0 Å². The fourth-order valence-electron chi connectivity index (χ4n) is 2.47. The summed E-state index contributed by atoms with van der Waals surface area (Å²) in [7, 11) is 0. The first-order chi connectivity index (χ1) is 12.0. The number of allylic oxidation sites excluding steroid dienone is 1. The van der Waals surface area contributed by atoms with Crippen molar-refractivity contribution in [1.82, 2.24) is 0 Å². The third kappa shape index (κ3) is 3.72. The van der Waals surface area contributed by atoms with Gasteiger partial charge in [-0.15, -0.1) is 0 Å². The van der Waals surface area contributed by atoms with E-state index in [0.717, 1.165) is 0 Å². The fraction of sp³-hybridized carbons (Fsp3) is 0.111. The van der Waals surface area contributed by atoms with Gasteiger partial charge in [-0.25, -0.2) is 4.79 Å². The Labute approximate surface area is 143 Å². The Kier molecular flexibility index (Phi) is 4.56. The molecule has 0 unspecified atom stereocenters. The average molecular weight is 338 g/mol. The minimum atomic E-state index is -0.488. The molecule has 0 aliphatic carbocycles. The maximum atomic E-state index is 12.3. The van der Waals surface area contributed by atoms with Crippen molar-refractivity contribution >= 4 is 29.3 Å². The van der Waals surface area contributed by atoms with E-state index in [4.69, 9.17) is 4.74 Å². The largest absolute Gasteiger partial charge is 0.447 e. The number of carbonyl (C=O) groups is 2. The highest BCUT2D eigenvalue weighted by molar-refractivity contribution is 6.07. The molecule has 0 saturated carbocycles. The van der Waals surface area contributed by atoms with Crippen molar-refractivity contribution < 1.29 is 19.2 Å². The van der Waals surface area contributed by atoms with Crippen LogP contribution in [-0.2, 0) is 4.74 Å². The van der Waals surface area contributed by atoms with Crippen LogP contribution in [0.4, 0.5) is 16.2 Å². The number of hydrogen-bond donors (Lipinski definition) is 0. The van der Waals surface area contributed by atoms with Gasteiger partial charge in [-0.3, -0.25) is 19.8 Å². The zero-order chi connectivity index (χ0) is 17.8. The highest BCUT2D eigenvalue weighted by atomic mass is 16.6. The predicted molar refractivity (Wildman–Crippen MR) is 91.6 cm³/mol. The lowest BCUT2D eigenvalue weighted by atomic mass is 10.1. The summed E-state index contributed by atoms with van der Waals surface area (Å²) in [5.41, 5.74) is 1.53. The van der Waals surface area contributed by atoms with Gasteiger partial charge in [-0.05, 0) is 23.8 Å². The number of nitro groups is 1. The van der Waals surface area contributed by atoms with E-state index in [-0.39, 0.29) is 11.5 Å². The monoisotopic (exact) mass is 338 g/mol. The summed E-state index contributed by atoms with van der Waals surface area (Å²) in [5.74, 6) is -0.263. The molecule has 0 radical (unpaired) electrons. The molecular formula is C18H14N2O5. The number of carbonyl (C=O) groups excluding carboxylic acids is 2. The number of benzene rings is 2. The zero-order valence-corrected chi connectivity index (χ0v) is 13.1. The Morgan fingerprint density at radius 1 is 1.20 bits per heavy atom. The van der Waals surface area contributed by atoms with E-state index in [1.165, 1.54) is 29.2 Å². The van der Waals surface area contributed by atoms with Crippen molar-refractivity contribution in [3.8, 4) is 0 Å². The topological polar surface area (TPSA) is 89.8 Å². The maximum Gasteiger partial charge on any atom is 0.414 e. The number of nitro benzene ring substituents is 1. The van der Waals surface area contributed by atoms with Gasteiger partial charge in [0, 0.05) is 23.4 Å². The number of nitrogens with zero attached hydrogens (tertiary/aromatic N) is 2. The third-order valence-corrected chi connectivity index (χ3v) is 3.71. The summed E-state index contributed by atoms with van der Waals surface area (Å²) in [6, 6.07) is 12.7. The molecule has 1 aliphatic rings. The maximum absolute atomic E-state index is 12.3. The molecule has 7 nitrogen and oxygen atoms in total. The highest BCUT2D eigenvalue weighted by Gasteiger charge is 2.23. The lowest BCUT2D eigenvalue weighted by Gasteiger charge is -2.13. The summed E-state index contributed by atoms with van der Waals surface area (Å²) in [4.78, 5) is 35.7. The van der Waals surface area contributed by atoms with Gasteiger partial charge >= 0.3 is 6.09 Å². The van der Waals surface area contributed by atoms with Crippen molar-refractivity contribution in [2.75, 3.05) is 18.1 Å². The smallest absolute Gasteiger partial charge is 0.414 e. The van der Waals surface area contributed by atoms with Gasteiger partial charge in [-0.2, -0.15) is 0 Å². The summed E-state index contributed by atoms with van der Waals surface area (Å²) in [6.45, 7) is 0.768. The molecule has 0 bridgehead atoms. The van der Waals surface area contributed by atoms with Gasteiger partial charge < -0.3 is 4.74 Å². The normalized spacial score (nSPS) is 13.9. The lowest BCUT2D eigenvalue weighted by Crippen LogP contribution is -2.23. The van der Waals surface area contributed by atoms with Gasteiger partial charge in [0.15, 0.2) is 5.78 Å². The number of anilines is 1. The van der Waals surface area contributed by atoms with E-state index in [1.807, 2.05) is 0 Å². The number of non-ortho nitro benzene ring substituents is 1. The molecule has 1 aliphatic heterocycles. The summed E-state index contributed by atoms with van der Waals surface area (Å²) >= 11 is 0. The standard InChI is InChI=1S/C18H14N2O5/c21-17(8-7-13-3-1-6-16(11-13)20(23)24)14-4-2-5-15(12-14)19-9-10-25-18(19)22/h1-8,11-12H,9-10H2/b8-7+. The Morgan fingerprint density at radius 3 is 2.72 bits per heavy atom. The second-order valence-corrected chi connectivity index (χ2v) is 5.37. The molecule has 1 fully saturated rings. The second kappa shape index (κ2) is 6.96. The number of amides is 1. The highest BCUT2D eigenvalue weighted by Crippen LogP contribution is 2.21. The van der Waals surface area contributed by atoms with Crippen molar-refractivity contribution in [2.24, 2.45) is 0 Å². The number of hydrogen-bond acceptors (Lipinski definition) is 5. The number of ketones is 1. The van der Waals surface area contributed by atoms with Crippen molar-refractivity contribution in [3.05, 3.63) is 75.8 Å². The molecule has 25 heavy (non-hydrogen) atoms. The fourth-order valence-corrected chi connectivity index (χ4v) is 2.47. The minimum absolute atomic E-state index is 0.0378. The molecule has 7 heteroatoms. The van der Waals surface area contributed by atoms with E-state index < -0.39 is 11.0 Å². The molecule has 1 heterocycles. The first-order valence-electron chi connectivity index (χ1n) is 7.56. The molecule has 1 saturated heterocycles.